The van der Waals surface area contributed by atoms with Gasteiger partial charge in [-0.15, -0.1) is 0 Å². The molecule has 162 valence electrons. The van der Waals surface area contributed by atoms with Gasteiger partial charge in [0.15, 0.2) is 0 Å². The maximum Gasteiger partial charge on any atom is 0.349 e. The highest BCUT2D eigenvalue weighted by molar-refractivity contribution is 7.92. The summed E-state index contributed by atoms with van der Waals surface area (Å²) in [6.07, 6.45) is 0. The maximum absolute atomic E-state index is 12.9. The summed E-state index contributed by atoms with van der Waals surface area (Å²) < 4.78 is 33.5. The van der Waals surface area contributed by atoms with Crippen LogP contribution in [-0.2, 0) is 10.0 Å². The highest BCUT2D eigenvalue weighted by atomic mass is 35.5. The van der Waals surface area contributed by atoms with Crippen molar-refractivity contribution in [3.05, 3.63) is 99.4 Å². The molecule has 4 rings (SSSR count). The average Bonchev–Trinajstić information content (AvgIpc) is 2.74. The molecule has 32 heavy (non-hydrogen) atoms. The third-order valence-corrected chi connectivity index (χ3v) is 6.46. The second-order valence-corrected chi connectivity index (χ2v) is 9.12. The minimum atomic E-state index is -3.96. The molecular formula is C23H17ClN2O5S. The third kappa shape index (κ3) is 4.51. The molecule has 9 heteroatoms. The summed E-state index contributed by atoms with van der Waals surface area (Å²) in [5, 5.41) is 3.54. The van der Waals surface area contributed by atoms with Crippen LogP contribution >= 0.6 is 11.6 Å². The summed E-state index contributed by atoms with van der Waals surface area (Å²) in [6, 6.07) is 19.0. The van der Waals surface area contributed by atoms with Crippen LogP contribution in [0.3, 0.4) is 0 Å². The summed E-state index contributed by atoms with van der Waals surface area (Å²) in [6.45, 7) is 1.64. The van der Waals surface area contributed by atoms with Gasteiger partial charge in [0.25, 0.3) is 15.9 Å². The Morgan fingerprint density at radius 2 is 1.72 bits per heavy atom. The van der Waals surface area contributed by atoms with E-state index in [0.29, 0.717) is 27.2 Å². The summed E-state index contributed by atoms with van der Waals surface area (Å²) in [4.78, 5) is 24.9. The predicted molar refractivity (Wildman–Crippen MR) is 124 cm³/mol. The van der Waals surface area contributed by atoms with Crippen LogP contribution in [0.15, 0.2) is 86.9 Å². The minimum absolute atomic E-state index is 0.0270. The van der Waals surface area contributed by atoms with E-state index in [0.717, 1.165) is 0 Å². The molecular weight excluding hydrogens is 452 g/mol. The number of benzene rings is 3. The quantitative estimate of drug-likeness (QED) is 0.409. The van der Waals surface area contributed by atoms with E-state index < -0.39 is 21.6 Å². The zero-order valence-electron chi connectivity index (χ0n) is 16.8. The highest BCUT2D eigenvalue weighted by Crippen LogP contribution is 2.24. The summed E-state index contributed by atoms with van der Waals surface area (Å²) in [7, 11) is -3.96. The molecule has 0 aliphatic rings. The van der Waals surface area contributed by atoms with Crippen molar-refractivity contribution in [2.75, 3.05) is 10.0 Å². The average molecular weight is 469 g/mol. The van der Waals surface area contributed by atoms with Gasteiger partial charge in [0, 0.05) is 16.1 Å². The van der Waals surface area contributed by atoms with Gasteiger partial charge in [0.1, 0.15) is 11.1 Å². The Morgan fingerprint density at radius 3 is 2.50 bits per heavy atom. The first-order chi connectivity index (χ1) is 15.2. The lowest BCUT2D eigenvalue weighted by Gasteiger charge is -2.13. The molecule has 3 aromatic carbocycles. The van der Waals surface area contributed by atoms with Gasteiger partial charge in [0.2, 0.25) is 0 Å². The van der Waals surface area contributed by atoms with Crippen LogP contribution in [0.2, 0.25) is 5.02 Å². The van der Waals surface area contributed by atoms with Gasteiger partial charge in [-0.05, 0) is 55.0 Å². The summed E-state index contributed by atoms with van der Waals surface area (Å²) in [5.41, 5.74) is 0.377. The first-order valence-electron chi connectivity index (χ1n) is 9.46. The number of carbonyl (C=O) groups excluding carboxylic acids is 1. The number of sulfonamides is 1. The molecule has 0 aliphatic carbocycles. The fraction of sp³-hybridized carbons (Fsp3) is 0.0435. The zero-order valence-corrected chi connectivity index (χ0v) is 18.3. The molecule has 0 saturated carbocycles. The lowest BCUT2D eigenvalue weighted by molar-refractivity contribution is 0.102. The van der Waals surface area contributed by atoms with Crippen LogP contribution in [0.5, 0.6) is 0 Å². The van der Waals surface area contributed by atoms with Crippen molar-refractivity contribution in [1.82, 2.24) is 0 Å². The van der Waals surface area contributed by atoms with Gasteiger partial charge in [-0.2, -0.15) is 0 Å². The van der Waals surface area contributed by atoms with Gasteiger partial charge in [0.05, 0.1) is 10.6 Å². The molecule has 0 radical (unpaired) electrons. The van der Waals surface area contributed by atoms with E-state index in [9.17, 15) is 18.0 Å². The summed E-state index contributed by atoms with van der Waals surface area (Å²) in [5.74, 6) is -0.709. The normalized spacial score (nSPS) is 11.3. The molecule has 2 N–H and O–H groups in total. The Balaban J connectivity index is 1.63. The molecule has 0 bridgehead atoms. The molecule has 0 fully saturated rings. The molecule has 0 unspecified atom stereocenters. The van der Waals surface area contributed by atoms with Crippen molar-refractivity contribution in [3.8, 4) is 0 Å². The second-order valence-electron chi connectivity index (χ2n) is 7.04. The van der Waals surface area contributed by atoms with E-state index in [1.165, 1.54) is 18.2 Å². The van der Waals surface area contributed by atoms with Crippen molar-refractivity contribution in [2.24, 2.45) is 0 Å². The van der Waals surface area contributed by atoms with Crippen molar-refractivity contribution in [1.29, 1.82) is 0 Å². The number of fused-ring (bicyclic) bond motifs is 1. The van der Waals surface area contributed by atoms with E-state index in [2.05, 4.69) is 10.0 Å². The third-order valence-electron chi connectivity index (χ3n) is 4.70. The fourth-order valence-corrected chi connectivity index (χ4v) is 4.66. The number of rotatable bonds is 5. The molecule has 1 heterocycles. The maximum atomic E-state index is 12.9. The summed E-state index contributed by atoms with van der Waals surface area (Å²) >= 11 is 5.93. The Morgan fingerprint density at radius 1 is 0.938 bits per heavy atom. The minimum Gasteiger partial charge on any atom is -0.422 e. The number of para-hydroxylation sites is 1. The topological polar surface area (TPSA) is 105 Å². The first kappa shape index (κ1) is 21.6. The fourth-order valence-electron chi connectivity index (χ4n) is 3.15. The number of amides is 1. The molecule has 1 amide bonds. The SMILES string of the molecule is Cc1ccc(NC(=O)c2cc3ccccc3oc2=O)cc1S(=O)(=O)Nc1cccc(Cl)c1. The second kappa shape index (κ2) is 8.49. The van der Waals surface area contributed by atoms with Crippen LogP contribution in [0, 0.1) is 6.92 Å². The van der Waals surface area contributed by atoms with Gasteiger partial charge < -0.3 is 9.73 Å². The lowest BCUT2D eigenvalue weighted by atomic mass is 10.1. The van der Waals surface area contributed by atoms with Crippen molar-refractivity contribution in [3.63, 3.8) is 0 Å². The van der Waals surface area contributed by atoms with Crippen LogP contribution in [0.4, 0.5) is 11.4 Å². The Hall–Kier alpha value is -3.62. The number of hydrogen-bond donors (Lipinski definition) is 2. The highest BCUT2D eigenvalue weighted by Gasteiger charge is 2.20. The van der Waals surface area contributed by atoms with Crippen molar-refractivity contribution >= 4 is 49.9 Å². The number of halogens is 1. The number of aryl methyl sites for hydroxylation is 1. The standard InChI is InChI=1S/C23H17ClN2O5S/c1-14-9-10-17(13-21(14)32(29,30)26-18-7-4-6-16(24)12-18)25-22(27)19-11-15-5-2-3-8-20(15)31-23(19)28/h2-13,26H,1H3,(H,25,27). The molecule has 0 atom stereocenters. The predicted octanol–water partition coefficient (Wildman–Crippen LogP) is 4.81. The number of carbonyl (C=O) groups is 1. The monoisotopic (exact) mass is 468 g/mol. The van der Waals surface area contributed by atoms with Gasteiger partial charge in [-0.1, -0.05) is 41.9 Å². The van der Waals surface area contributed by atoms with E-state index in [4.69, 9.17) is 16.0 Å². The number of anilines is 2. The van der Waals surface area contributed by atoms with E-state index >= 15 is 0 Å². The van der Waals surface area contributed by atoms with Gasteiger partial charge >= 0.3 is 5.63 Å². The first-order valence-corrected chi connectivity index (χ1v) is 11.3. The molecule has 0 spiro atoms. The van der Waals surface area contributed by atoms with Crippen LogP contribution in [0.25, 0.3) is 11.0 Å². The largest absolute Gasteiger partial charge is 0.422 e. The Bertz CT molecular complexity index is 1510. The van der Waals surface area contributed by atoms with E-state index in [1.54, 1.807) is 61.5 Å². The Labute approximate surface area is 188 Å². The smallest absolute Gasteiger partial charge is 0.349 e. The van der Waals surface area contributed by atoms with Crippen LogP contribution < -0.4 is 15.7 Å². The number of hydrogen-bond acceptors (Lipinski definition) is 5. The molecule has 0 aliphatic heterocycles. The van der Waals surface area contributed by atoms with Gasteiger partial charge in [-0.25, -0.2) is 13.2 Å². The van der Waals surface area contributed by atoms with Crippen molar-refractivity contribution in [2.45, 2.75) is 11.8 Å². The number of nitrogens with one attached hydrogen (secondary N) is 2. The van der Waals surface area contributed by atoms with Crippen LogP contribution in [0.1, 0.15) is 15.9 Å². The van der Waals surface area contributed by atoms with E-state index in [1.807, 2.05) is 0 Å². The molecule has 7 nitrogen and oxygen atoms in total. The van der Waals surface area contributed by atoms with Crippen molar-refractivity contribution < 1.29 is 17.6 Å². The molecule has 1 aromatic heterocycles. The zero-order chi connectivity index (χ0) is 22.9. The molecule has 0 saturated heterocycles. The Kier molecular flexibility index (Phi) is 5.73. The van der Waals surface area contributed by atoms with E-state index in [-0.39, 0.29) is 16.1 Å². The van der Waals surface area contributed by atoms with Crippen LogP contribution in [-0.4, -0.2) is 14.3 Å². The van der Waals surface area contributed by atoms with Gasteiger partial charge in [-0.3, -0.25) is 9.52 Å². The lowest BCUT2D eigenvalue weighted by Crippen LogP contribution is -2.21. The molecule has 4 aromatic rings.